The van der Waals surface area contributed by atoms with E-state index in [2.05, 4.69) is 0 Å². The van der Waals surface area contributed by atoms with Gasteiger partial charge in [0, 0.05) is 24.2 Å². The first-order valence-corrected chi connectivity index (χ1v) is 8.61. The Bertz CT molecular complexity index is 576. The summed E-state index contributed by atoms with van der Waals surface area (Å²) in [5.41, 5.74) is 0.411. The van der Waals surface area contributed by atoms with Crippen LogP contribution in [0.2, 0.25) is 5.02 Å². The van der Waals surface area contributed by atoms with Crippen LogP contribution in [-0.4, -0.2) is 56.0 Å². The molecule has 0 amide bonds. The van der Waals surface area contributed by atoms with E-state index in [9.17, 15) is 13.5 Å². The second-order valence-corrected chi connectivity index (χ2v) is 7.53. The fourth-order valence-electron chi connectivity index (χ4n) is 2.31. The van der Waals surface area contributed by atoms with Gasteiger partial charge in [0.1, 0.15) is 0 Å². The SMILES string of the molecule is CCN(C(C)CN(C)C)S(=O)(=O)c1ccc(Cl)c(CO)c1. The molecule has 0 aliphatic heterocycles. The third-order valence-corrected chi connectivity index (χ3v) is 5.68. The molecule has 1 N–H and O–H groups in total. The Hall–Kier alpha value is -0.660. The summed E-state index contributed by atoms with van der Waals surface area (Å²) in [5.74, 6) is 0. The van der Waals surface area contributed by atoms with Gasteiger partial charge in [0.15, 0.2) is 0 Å². The Morgan fingerprint density at radius 2 is 1.95 bits per heavy atom. The van der Waals surface area contributed by atoms with E-state index >= 15 is 0 Å². The predicted molar refractivity (Wildman–Crippen MR) is 85.0 cm³/mol. The fraction of sp³-hybridized carbons (Fsp3) is 0.571. The van der Waals surface area contributed by atoms with Crippen LogP contribution < -0.4 is 0 Å². The molecule has 0 aromatic heterocycles. The zero-order valence-corrected chi connectivity index (χ0v) is 14.4. The maximum atomic E-state index is 12.7. The molecule has 0 spiro atoms. The molecule has 0 aliphatic rings. The maximum Gasteiger partial charge on any atom is 0.243 e. The summed E-state index contributed by atoms with van der Waals surface area (Å²) in [5, 5.41) is 9.59. The Balaban J connectivity index is 3.18. The monoisotopic (exact) mass is 334 g/mol. The smallest absolute Gasteiger partial charge is 0.243 e. The summed E-state index contributed by atoms with van der Waals surface area (Å²) >= 11 is 5.92. The van der Waals surface area contributed by atoms with Gasteiger partial charge in [0.05, 0.1) is 11.5 Å². The minimum Gasteiger partial charge on any atom is -0.392 e. The van der Waals surface area contributed by atoms with Crippen molar-refractivity contribution in [3.63, 3.8) is 0 Å². The average Bonchev–Trinajstić information content (AvgIpc) is 2.38. The van der Waals surface area contributed by atoms with Crippen LogP contribution in [0.5, 0.6) is 0 Å². The Labute approximate surface area is 132 Å². The number of rotatable bonds is 7. The number of hydrogen-bond donors (Lipinski definition) is 1. The van der Waals surface area contributed by atoms with Crippen molar-refractivity contribution in [3.05, 3.63) is 28.8 Å². The van der Waals surface area contributed by atoms with Gasteiger partial charge in [-0.15, -0.1) is 0 Å². The van der Waals surface area contributed by atoms with Gasteiger partial charge in [0.25, 0.3) is 0 Å². The number of sulfonamides is 1. The molecule has 0 saturated carbocycles. The van der Waals surface area contributed by atoms with E-state index in [1.165, 1.54) is 22.5 Å². The van der Waals surface area contributed by atoms with Crippen molar-refractivity contribution in [2.75, 3.05) is 27.2 Å². The molecule has 21 heavy (non-hydrogen) atoms. The van der Waals surface area contributed by atoms with Crippen molar-refractivity contribution < 1.29 is 13.5 Å². The maximum absolute atomic E-state index is 12.7. The van der Waals surface area contributed by atoms with E-state index in [0.717, 1.165) is 0 Å². The van der Waals surface area contributed by atoms with Crippen LogP contribution in [-0.2, 0) is 16.6 Å². The van der Waals surface area contributed by atoms with Crippen molar-refractivity contribution in [3.8, 4) is 0 Å². The highest BCUT2D eigenvalue weighted by Gasteiger charge is 2.28. The van der Waals surface area contributed by atoms with Crippen molar-refractivity contribution in [1.82, 2.24) is 9.21 Å². The van der Waals surface area contributed by atoms with Gasteiger partial charge >= 0.3 is 0 Å². The second kappa shape index (κ2) is 7.56. The lowest BCUT2D eigenvalue weighted by Crippen LogP contribution is -2.43. The lowest BCUT2D eigenvalue weighted by molar-refractivity contribution is 0.271. The summed E-state index contributed by atoms with van der Waals surface area (Å²) in [6, 6.07) is 4.26. The summed E-state index contributed by atoms with van der Waals surface area (Å²) in [6.45, 7) is 4.42. The predicted octanol–water partition coefficient (Wildman–Crippen LogP) is 1.79. The minimum absolute atomic E-state index is 0.150. The number of aliphatic hydroxyl groups is 1. The number of halogens is 1. The number of aliphatic hydroxyl groups excluding tert-OH is 1. The van der Waals surface area contributed by atoms with Crippen LogP contribution in [0.1, 0.15) is 19.4 Å². The highest BCUT2D eigenvalue weighted by molar-refractivity contribution is 7.89. The van der Waals surface area contributed by atoms with Gasteiger partial charge in [-0.1, -0.05) is 18.5 Å². The minimum atomic E-state index is -3.61. The van der Waals surface area contributed by atoms with Gasteiger partial charge < -0.3 is 10.0 Å². The molecule has 1 atom stereocenters. The van der Waals surface area contributed by atoms with Crippen LogP contribution in [0.25, 0.3) is 0 Å². The first kappa shape index (κ1) is 18.4. The molecule has 0 radical (unpaired) electrons. The van der Waals surface area contributed by atoms with Crippen molar-refractivity contribution >= 4 is 21.6 Å². The van der Waals surface area contributed by atoms with Gasteiger partial charge in [0.2, 0.25) is 10.0 Å². The van der Waals surface area contributed by atoms with Crippen LogP contribution in [0.3, 0.4) is 0 Å². The van der Waals surface area contributed by atoms with Crippen LogP contribution >= 0.6 is 11.6 Å². The first-order valence-electron chi connectivity index (χ1n) is 6.79. The third-order valence-electron chi connectivity index (χ3n) is 3.23. The highest BCUT2D eigenvalue weighted by Crippen LogP contribution is 2.24. The Morgan fingerprint density at radius 1 is 1.33 bits per heavy atom. The summed E-state index contributed by atoms with van der Waals surface area (Å²) in [6.07, 6.45) is 0. The van der Waals surface area contributed by atoms with Crippen molar-refractivity contribution in [2.45, 2.75) is 31.4 Å². The standard InChI is InChI=1S/C14H23ClN2O3S/c1-5-17(11(2)9-16(3)4)21(19,20)13-6-7-14(15)12(8-13)10-18/h6-8,11,18H,5,9-10H2,1-4H3. The largest absolute Gasteiger partial charge is 0.392 e. The van der Waals surface area contributed by atoms with Crippen LogP contribution in [0.4, 0.5) is 0 Å². The summed E-state index contributed by atoms with van der Waals surface area (Å²) in [7, 11) is 0.203. The van der Waals surface area contributed by atoms with Gasteiger partial charge in [-0.3, -0.25) is 0 Å². The molecule has 0 heterocycles. The molecule has 0 bridgehead atoms. The van der Waals surface area contributed by atoms with E-state index in [-0.39, 0.29) is 17.5 Å². The number of hydrogen-bond acceptors (Lipinski definition) is 4. The quantitative estimate of drug-likeness (QED) is 0.826. The molecular weight excluding hydrogens is 312 g/mol. The zero-order valence-electron chi connectivity index (χ0n) is 12.9. The molecule has 1 unspecified atom stereocenters. The molecule has 0 aliphatic carbocycles. The lowest BCUT2D eigenvalue weighted by Gasteiger charge is -2.29. The first-order chi connectivity index (χ1) is 9.73. The molecule has 120 valence electrons. The number of benzene rings is 1. The van der Waals surface area contributed by atoms with E-state index in [1.54, 1.807) is 0 Å². The van der Waals surface area contributed by atoms with Gasteiger partial charge in [-0.25, -0.2) is 8.42 Å². The van der Waals surface area contributed by atoms with Crippen LogP contribution in [0.15, 0.2) is 23.1 Å². The Morgan fingerprint density at radius 3 is 2.43 bits per heavy atom. The molecular formula is C14H23ClN2O3S. The van der Waals surface area contributed by atoms with E-state index in [0.29, 0.717) is 23.7 Å². The zero-order chi connectivity index (χ0) is 16.2. The van der Waals surface area contributed by atoms with Gasteiger partial charge in [-0.2, -0.15) is 4.31 Å². The second-order valence-electron chi connectivity index (χ2n) is 5.23. The normalized spacial score (nSPS) is 13.9. The summed E-state index contributed by atoms with van der Waals surface area (Å²) < 4.78 is 27.0. The topological polar surface area (TPSA) is 60.9 Å². The number of nitrogens with zero attached hydrogens (tertiary/aromatic N) is 2. The van der Waals surface area contributed by atoms with Crippen molar-refractivity contribution in [2.24, 2.45) is 0 Å². The van der Waals surface area contributed by atoms with E-state index in [4.69, 9.17) is 11.6 Å². The lowest BCUT2D eigenvalue weighted by atomic mass is 10.2. The van der Waals surface area contributed by atoms with Gasteiger partial charge in [-0.05, 0) is 44.8 Å². The molecule has 5 nitrogen and oxygen atoms in total. The van der Waals surface area contributed by atoms with E-state index < -0.39 is 10.0 Å². The molecule has 0 fully saturated rings. The fourth-order valence-corrected chi connectivity index (χ4v) is 4.17. The molecule has 1 rings (SSSR count). The summed E-state index contributed by atoms with van der Waals surface area (Å²) in [4.78, 5) is 2.10. The molecule has 1 aromatic rings. The average molecular weight is 335 g/mol. The number of likely N-dealkylation sites (N-methyl/N-ethyl adjacent to an activating group) is 2. The molecule has 0 saturated heterocycles. The van der Waals surface area contributed by atoms with Crippen molar-refractivity contribution in [1.29, 1.82) is 0 Å². The third kappa shape index (κ3) is 4.40. The molecule has 1 aromatic carbocycles. The Kier molecular flexibility index (Phi) is 6.62. The highest BCUT2D eigenvalue weighted by atomic mass is 35.5. The van der Waals surface area contributed by atoms with Crippen LogP contribution in [0, 0.1) is 0 Å². The molecule has 7 heteroatoms. The van der Waals surface area contributed by atoms with E-state index in [1.807, 2.05) is 32.8 Å².